The number of carbonyl (C=O) groups is 2. The van der Waals surface area contributed by atoms with Crippen molar-refractivity contribution in [1.29, 1.82) is 0 Å². The molecule has 2 N–H and O–H groups in total. The molecule has 0 radical (unpaired) electrons. The van der Waals surface area contributed by atoms with Gasteiger partial charge in [0.05, 0.1) is 5.57 Å². The Kier molecular flexibility index (Phi) is 6.27. The van der Waals surface area contributed by atoms with E-state index in [0.717, 1.165) is 5.57 Å². The van der Waals surface area contributed by atoms with Crippen LogP contribution in [0.4, 0.5) is 0 Å². The molecule has 0 aromatic rings. The highest BCUT2D eigenvalue weighted by molar-refractivity contribution is 5.97. The van der Waals surface area contributed by atoms with Crippen molar-refractivity contribution in [3.05, 3.63) is 11.1 Å². The molecule has 110 valence electrons. The molecular formula is C15H26O4. The maximum Gasteiger partial charge on any atom is 0.332 e. The molecule has 0 rings (SSSR count). The summed E-state index contributed by atoms with van der Waals surface area (Å²) in [6.07, 6.45) is 0.832. The Bertz CT molecular complexity index is 380. The maximum atomic E-state index is 11.8. The highest BCUT2D eigenvalue weighted by Crippen LogP contribution is 2.43. The summed E-state index contributed by atoms with van der Waals surface area (Å²) < 4.78 is 0. The lowest BCUT2D eigenvalue weighted by molar-refractivity contribution is -0.153. The predicted molar refractivity (Wildman–Crippen MR) is 75.0 cm³/mol. The maximum absolute atomic E-state index is 11.8. The first kappa shape index (κ1) is 17.7. The van der Waals surface area contributed by atoms with Gasteiger partial charge in [0.15, 0.2) is 0 Å². The summed E-state index contributed by atoms with van der Waals surface area (Å²) in [7, 11) is 0. The van der Waals surface area contributed by atoms with E-state index in [1.165, 1.54) is 0 Å². The summed E-state index contributed by atoms with van der Waals surface area (Å²) in [6.45, 7) is 11.0. The molecule has 4 nitrogen and oxygen atoms in total. The summed E-state index contributed by atoms with van der Waals surface area (Å²) >= 11 is 0. The van der Waals surface area contributed by atoms with Crippen LogP contribution in [0, 0.1) is 17.3 Å². The van der Waals surface area contributed by atoms with Gasteiger partial charge in [0.2, 0.25) is 0 Å². The second-order valence-electron chi connectivity index (χ2n) is 5.50. The quantitative estimate of drug-likeness (QED) is 0.693. The van der Waals surface area contributed by atoms with E-state index in [9.17, 15) is 19.8 Å². The van der Waals surface area contributed by atoms with Crippen LogP contribution in [0.2, 0.25) is 0 Å². The summed E-state index contributed by atoms with van der Waals surface area (Å²) in [5, 5.41) is 19.2. The molecule has 0 saturated heterocycles. The van der Waals surface area contributed by atoms with Crippen molar-refractivity contribution in [2.24, 2.45) is 17.3 Å². The lowest BCUT2D eigenvalue weighted by Crippen LogP contribution is -2.41. The Morgan fingerprint density at radius 1 is 1.05 bits per heavy atom. The molecule has 0 aromatic carbocycles. The summed E-state index contributed by atoms with van der Waals surface area (Å²) in [4.78, 5) is 23.5. The minimum Gasteiger partial charge on any atom is -0.481 e. The molecule has 0 spiro atoms. The van der Waals surface area contributed by atoms with Crippen LogP contribution in [0.5, 0.6) is 0 Å². The van der Waals surface area contributed by atoms with E-state index >= 15 is 0 Å². The van der Waals surface area contributed by atoms with Gasteiger partial charge in [-0.1, -0.05) is 47.1 Å². The standard InChI is InChI=1S/C15H26O4/c1-7-11(9(3)4)12(13(16)17)15(8-2,10(5)6)14(18)19/h9-10H,7-8H2,1-6H3,(H,16,17)(H,18,19). The molecule has 0 aliphatic carbocycles. The molecule has 0 heterocycles. The zero-order chi connectivity index (χ0) is 15.4. The van der Waals surface area contributed by atoms with Crippen molar-refractivity contribution in [2.75, 3.05) is 0 Å². The van der Waals surface area contributed by atoms with Gasteiger partial charge in [-0.25, -0.2) is 4.79 Å². The molecule has 0 aromatic heterocycles. The molecule has 1 atom stereocenters. The number of aliphatic carboxylic acids is 2. The normalized spacial score (nSPS) is 16.2. The van der Waals surface area contributed by atoms with Gasteiger partial charge in [-0.05, 0) is 24.7 Å². The van der Waals surface area contributed by atoms with E-state index in [4.69, 9.17) is 0 Å². The zero-order valence-electron chi connectivity index (χ0n) is 12.8. The average molecular weight is 270 g/mol. The van der Waals surface area contributed by atoms with Crippen molar-refractivity contribution in [3.63, 3.8) is 0 Å². The van der Waals surface area contributed by atoms with Crippen LogP contribution < -0.4 is 0 Å². The van der Waals surface area contributed by atoms with Gasteiger partial charge < -0.3 is 10.2 Å². The number of allylic oxidation sites excluding steroid dienone is 1. The molecule has 19 heavy (non-hydrogen) atoms. The minimum absolute atomic E-state index is 0.0279. The number of rotatable bonds is 7. The van der Waals surface area contributed by atoms with E-state index in [2.05, 4.69) is 0 Å². The van der Waals surface area contributed by atoms with E-state index in [-0.39, 0.29) is 23.8 Å². The van der Waals surface area contributed by atoms with Crippen LogP contribution >= 0.6 is 0 Å². The first-order chi connectivity index (χ1) is 8.66. The zero-order valence-corrected chi connectivity index (χ0v) is 12.8. The van der Waals surface area contributed by atoms with Crippen LogP contribution in [0.15, 0.2) is 11.1 Å². The summed E-state index contributed by atoms with van der Waals surface area (Å²) in [5.41, 5.74) is -0.512. The van der Waals surface area contributed by atoms with Crippen LogP contribution in [-0.4, -0.2) is 22.2 Å². The molecular weight excluding hydrogens is 244 g/mol. The van der Waals surface area contributed by atoms with E-state index < -0.39 is 17.4 Å². The van der Waals surface area contributed by atoms with Gasteiger partial charge >= 0.3 is 11.9 Å². The Labute approximate surface area is 115 Å². The van der Waals surface area contributed by atoms with Crippen molar-refractivity contribution in [3.8, 4) is 0 Å². The fourth-order valence-corrected chi connectivity index (χ4v) is 2.87. The first-order valence-corrected chi connectivity index (χ1v) is 6.86. The first-order valence-electron chi connectivity index (χ1n) is 6.86. The number of hydrogen-bond acceptors (Lipinski definition) is 2. The van der Waals surface area contributed by atoms with Gasteiger partial charge in [0.1, 0.15) is 5.41 Å². The fraction of sp³-hybridized carbons (Fsp3) is 0.733. The Morgan fingerprint density at radius 3 is 1.68 bits per heavy atom. The van der Waals surface area contributed by atoms with Gasteiger partial charge in [-0.2, -0.15) is 0 Å². The van der Waals surface area contributed by atoms with Gasteiger partial charge in [0, 0.05) is 0 Å². The molecule has 0 amide bonds. The highest BCUT2D eigenvalue weighted by atomic mass is 16.4. The third-order valence-corrected chi connectivity index (χ3v) is 3.98. The number of hydrogen-bond donors (Lipinski definition) is 2. The van der Waals surface area contributed by atoms with Crippen LogP contribution in [-0.2, 0) is 9.59 Å². The van der Waals surface area contributed by atoms with Gasteiger partial charge in [-0.15, -0.1) is 0 Å². The molecule has 0 aliphatic rings. The average Bonchev–Trinajstić information content (AvgIpc) is 2.27. The lowest BCUT2D eigenvalue weighted by Gasteiger charge is -2.35. The Balaban J connectivity index is 6.40. The van der Waals surface area contributed by atoms with E-state index in [1.54, 1.807) is 20.8 Å². The van der Waals surface area contributed by atoms with Crippen molar-refractivity contribution < 1.29 is 19.8 Å². The predicted octanol–water partition coefficient (Wildman–Crippen LogP) is 3.57. The second-order valence-corrected chi connectivity index (χ2v) is 5.50. The van der Waals surface area contributed by atoms with Crippen LogP contribution in [0.3, 0.4) is 0 Å². The third kappa shape index (κ3) is 3.17. The van der Waals surface area contributed by atoms with Crippen molar-refractivity contribution in [2.45, 2.75) is 54.4 Å². The number of carboxylic acids is 2. The highest BCUT2D eigenvalue weighted by Gasteiger charge is 2.48. The Hall–Kier alpha value is -1.32. The molecule has 0 saturated carbocycles. The summed E-state index contributed by atoms with van der Waals surface area (Å²) in [6, 6.07) is 0. The molecule has 0 bridgehead atoms. The number of carboxylic acid groups (broad SMARTS) is 2. The minimum atomic E-state index is -1.32. The molecule has 0 aliphatic heterocycles. The molecule has 4 heteroatoms. The monoisotopic (exact) mass is 270 g/mol. The Morgan fingerprint density at radius 2 is 1.53 bits per heavy atom. The fourth-order valence-electron chi connectivity index (χ4n) is 2.87. The van der Waals surface area contributed by atoms with Crippen molar-refractivity contribution in [1.82, 2.24) is 0 Å². The van der Waals surface area contributed by atoms with Crippen LogP contribution in [0.1, 0.15) is 54.4 Å². The van der Waals surface area contributed by atoms with Gasteiger partial charge in [0.25, 0.3) is 0 Å². The topological polar surface area (TPSA) is 74.6 Å². The van der Waals surface area contributed by atoms with Crippen LogP contribution in [0.25, 0.3) is 0 Å². The smallest absolute Gasteiger partial charge is 0.332 e. The lowest BCUT2D eigenvalue weighted by atomic mass is 9.66. The summed E-state index contributed by atoms with van der Waals surface area (Å²) in [5.74, 6) is -2.40. The van der Waals surface area contributed by atoms with Crippen molar-refractivity contribution >= 4 is 11.9 Å². The van der Waals surface area contributed by atoms with Gasteiger partial charge in [-0.3, -0.25) is 4.79 Å². The largest absolute Gasteiger partial charge is 0.481 e. The third-order valence-electron chi connectivity index (χ3n) is 3.98. The molecule has 0 fully saturated rings. The second kappa shape index (κ2) is 6.73. The molecule has 1 unspecified atom stereocenters. The SMILES string of the molecule is CCC(=C(C(=O)O)C(CC)(C(=O)O)C(C)C)C(C)C. The van der Waals surface area contributed by atoms with E-state index in [1.807, 2.05) is 20.8 Å². The van der Waals surface area contributed by atoms with E-state index in [0.29, 0.717) is 6.42 Å².